The van der Waals surface area contributed by atoms with E-state index in [4.69, 9.17) is 4.74 Å². The summed E-state index contributed by atoms with van der Waals surface area (Å²) in [6, 6.07) is 7.81. The Hall–Kier alpha value is -3.23. The van der Waals surface area contributed by atoms with Crippen LogP contribution < -0.4 is 10.1 Å². The number of carbonyl (C=O) groups is 3. The van der Waals surface area contributed by atoms with Crippen LogP contribution in [-0.4, -0.2) is 42.0 Å². The largest absolute Gasteiger partial charge is 0.457 e. The molecule has 1 N–H and O–H groups in total. The van der Waals surface area contributed by atoms with E-state index in [-0.39, 0.29) is 30.5 Å². The summed E-state index contributed by atoms with van der Waals surface area (Å²) in [4.78, 5) is 35.3. The van der Waals surface area contributed by atoms with Gasteiger partial charge in [0.05, 0.1) is 0 Å². The molecule has 0 saturated heterocycles. The molecule has 174 valence electrons. The van der Waals surface area contributed by atoms with Gasteiger partial charge >= 0.3 is 12.6 Å². The van der Waals surface area contributed by atoms with Gasteiger partial charge in [-0.1, -0.05) is 6.42 Å². The monoisotopic (exact) mass is 450 g/mol. The van der Waals surface area contributed by atoms with E-state index in [1.54, 1.807) is 25.1 Å². The van der Waals surface area contributed by atoms with Crippen molar-refractivity contribution in [3.8, 4) is 11.4 Å². The number of halogens is 2. The molecule has 0 saturated carbocycles. The van der Waals surface area contributed by atoms with Gasteiger partial charge in [-0.25, -0.2) is 0 Å². The third-order valence-electron chi connectivity index (χ3n) is 4.85. The van der Waals surface area contributed by atoms with Crippen molar-refractivity contribution in [1.29, 1.82) is 0 Å². The van der Waals surface area contributed by atoms with E-state index in [0.29, 0.717) is 29.9 Å². The maximum atomic E-state index is 12.6. The van der Waals surface area contributed by atoms with Crippen molar-refractivity contribution >= 4 is 17.7 Å². The highest BCUT2D eigenvalue weighted by Crippen LogP contribution is 2.24. The fourth-order valence-corrected chi connectivity index (χ4v) is 3.35. The normalized spacial score (nSPS) is 10.8. The van der Waals surface area contributed by atoms with Crippen LogP contribution in [0.5, 0.6) is 5.75 Å². The average Bonchev–Trinajstić information content (AvgIpc) is 3.03. The quantitative estimate of drug-likeness (QED) is 0.299. The lowest BCUT2D eigenvalue weighted by Crippen LogP contribution is -2.20. The SMILES string of the molecule is CC(=O)NCCCCCC(=O)OCC(=O)c1cc(C)n(-c2ccc(OC(F)F)cc2)c1C. The number of nitrogens with one attached hydrogen (secondary N) is 1. The molecular formula is C23H28F2N2O5. The summed E-state index contributed by atoms with van der Waals surface area (Å²) in [5, 5.41) is 2.69. The second-order valence-electron chi connectivity index (χ2n) is 7.37. The zero-order chi connectivity index (χ0) is 23.7. The van der Waals surface area contributed by atoms with Crippen LogP contribution >= 0.6 is 0 Å². The maximum absolute atomic E-state index is 12.6. The molecule has 1 aromatic heterocycles. The predicted octanol–water partition coefficient (Wildman–Crippen LogP) is 4.12. The van der Waals surface area contributed by atoms with E-state index in [1.165, 1.54) is 19.1 Å². The molecule has 0 fully saturated rings. The Morgan fingerprint density at radius 1 is 1.06 bits per heavy atom. The van der Waals surface area contributed by atoms with Crippen molar-refractivity contribution in [3.05, 3.63) is 47.3 Å². The number of rotatable bonds is 12. The molecule has 32 heavy (non-hydrogen) atoms. The Kier molecular flexibility index (Phi) is 9.37. The minimum atomic E-state index is -2.90. The number of unbranched alkanes of at least 4 members (excludes halogenated alkanes) is 2. The lowest BCUT2D eigenvalue weighted by atomic mass is 10.1. The molecule has 1 aromatic carbocycles. The summed E-state index contributed by atoms with van der Waals surface area (Å²) in [6.07, 6.45) is 2.37. The molecule has 2 aromatic rings. The standard InChI is InChI=1S/C23H28F2N2O5/c1-15-13-20(16(2)27(15)18-8-10-19(11-9-18)32-23(24)25)21(29)14-31-22(30)7-5-4-6-12-26-17(3)28/h8-11,13,23H,4-7,12,14H2,1-3H3,(H,26,28). The number of Topliss-reactive ketones (excluding diaryl/α,β-unsaturated/α-hetero) is 1. The number of benzene rings is 1. The highest BCUT2D eigenvalue weighted by atomic mass is 19.3. The summed E-state index contributed by atoms with van der Waals surface area (Å²) < 4.78 is 35.9. The van der Waals surface area contributed by atoms with Gasteiger partial charge in [0, 0.05) is 42.5 Å². The number of carbonyl (C=O) groups excluding carboxylic acids is 3. The molecule has 0 aliphatic heterocycles. The van der Waals surface area contributed by atoms with Crippen molar-refractivity contribution in [3.63, 3.8) is 0 Å². The number of amides is 1. The summed E-state index contributed by atoms with van der Waals surface area (Å²) in [5.41, 5.74) is 2.55. The lowest BCUT2D eigenvalue weighted by Gasteiger charge is -2.11. The molecule has 0 radical (unpaired) electrons. The zero-order valence-electron chi connectivity index (χ0n) is 18.5. The third kappa shape index (κ3) is 7.47. The van der Waals surface area contributed by atoms with Crippen LogP contribution in [0.15, 0.2) is 30.3 Å². The first-order chi connectivity index (χ1) is 15.2. The number of ether oxygens (including phenoxy) is 2. The van der Waals surface area contributed by atoms with Crippen LogP contribution in [0.1, 0.15) is 54.4 Å². The van der Waals surface area contributed by atoms with Crippen LogP contribution in [0, 0.1) is 13.8 Å². The molecule has 1 heterocycles. The second kappa shape index (κ2) is 12.0. The van der Waals surface area contributed by atoms with E-state index in [9.17, 15) is 23.2 Å². The molecule has 0 aliphatic carbocycles. The minimum Gasteiger partial charge on any atom is -0.457 e. The van der Waals surface area contributed by atoms with Crippen LogP contribution in [0.25, 0.3) is 5.69 Å². The molecular weight excluding hydrogens is 422 g/mol. The van der Waals surface area contributed by atoms with Gasteiger partial charge in [0.15, 0.2) is 6.61 Å². The molecule has 1 amide bonds. The summed E-state index contributed by atoms with van der Waals surface area (Å²) in [7, 11) is 0. The molecule has 9 heteroatoms. The highest BCUT2D eigenvalue weighted by molar-refractivity contribution is 5.99. The molecule has 2 rings (SSSR count). The zero-order valence-corrected chi connectivity index (χ0v) is 18.5. The molecule has 0 spiro atoms. The van der Waals surface area contributed by atoms with Crippen molar-refractivity contribution in [2.24, 2.45) is 0 Å². The fourth-order valence-electron chi connectivity index (χ4n) is 3.35. The van der Waals surface area contributed by atoms with Crippen LogP contribution in [0.2, 0.25) is 0 Å². The van der Waals surface area contributed by atoms with Gasteiger partial charge in [-0.2, -0.15) is 8.78 Å². The molecule has 0 atom stereocenters. The maximum Gasteiger partial charge on any atom is 0.387 e. The number of ketones is 1. The van der Waals surface area contributed by atoms with Gasteiger partial charge < -0.3 is 19.4 Å². The van der Waals surface area contributed by atoms with Gasteiger partial charge in [0.25, 0.3) is 0 Å². The number of aryl methyl sites for hydroxylation is 1. The van der Waals surface area contributed by atoms with Crippen molar-refractivity contribution in [1.82, 2.24) is 9.88 Å². The van der Waals surface area contributed by atoms with E-state index in [1.807, 2.05) is 11.5 Å². The van der Waals surface area contributed by atoms with Crippen molar-refractivity contribution < 1.29 is 32.6 Å². The van der Waals surface area contributed by atoms with Crippen LogP contribution in [0.4, 0.5) is 8.78 Å². The first-order valence-corrected chi connectivity index (χ1v) is 10.4. The van der Waals surface area contributed by atoms with Crippen LogP contribution in [0.3, 0.4) is 0 Å². The smallest absolute Gasteiger partial charge is 0.387 e. The first kappa shape index (κ1) is 25.0. The van der Waals surface area contributed by atoms with E-state index < -0.39 is 12.6 Å². The number of nitrogens with zero attached hydrogens (tertiary/aromatic N) is 1. The van der Waals surface area contributed by atoms with Gasteiger partial charge in [-0.15, -0.1) is 0 Å². The first-order valence-electron chi connectivity index (χ1n) is 10.4. The number of alkyl halides is 2. The lowest BCUT2D eigenvalue weighted by molar-refractivity contribution is -0.142. The molecule has 7 nitrogen and oxygen atoms in total. The van der Waals surface area contributed by atoms with Crippen LogP contribution in [-0.2, 0) is 14.3 Å². The van der Waals surface area contributed by atoms with Gasteiger partial charge in [-0.05, 0) is 57.0 Å². The van der Waals surface area contributed by atoms with E-state index >= 15 is 0 Å². The van der Waals surface area contributed by atoms with Gasteiger partial charge in [0.2, 0.25) is 11.7 Å². The van der Waals surface area contributed by atoms with E-state index in [0.717, 1.165) is 18.5 Å². The Bertz CT molecular complexity index is 939. The Morgan fingerprint density at radius 3 is 2.38 bits per heavy atom. The third-order valence-corrected chi connectivity index (χ3v) is 4.85. The average molecular weight is 450 g/mol. The summed E-state index contributed by atoms with van der Waals surface area (Å²) in [5.74, 6) is -0.799. The molecule has 0 unspecified atom stereocenters. The summed E-state index contributed by atoms with van der Waals surface area (Å²) in [6.45, 7) is 2.36. The summed E-state index contributed by atoms with van der Waals surface area (Å²) >= 11 is 0. The topological polar surface area (TPSA) is 86.6 Å². The Balaban J connectivity index is 1.89. The fraction of sp³-hybridized carbons (Fsp3) is 0.435. The predicted molar refractivity (Wildman–Crippen MR) is 114 cm³/mol. The number of hydrogen-bond acceptors (Lipinski definition) is 5. The Labute approximate surface area is 185 Å². The number of aromatic nitrogens is 1. The van der Waals surface area contributed by atoms with Gasteiger partial charge in [0.1, 0.15) is 5.75 Å². The van der Waals surface area contributed by atoms with E-state index in [2.05, 4.69) is 10.1 Å². The minimum absolute atomic E-state index is 0.0459. The number of esters is 1. The Morgan fingerprint density at radius 2 is 1.75 bits per heavy atom. The number of hydrogen-bond donors (Lipinski definition) is 1. The van der Waals surface area contributed by atoms with Crippen molar-refractivity contribution in [2.45, 2.75) is 53.1 Å². The van der Waals surface area contributed by atoms with Gasteiger partial charge in [-0.3, -0.25) is 14.4 Å². The molecule has 0 bridgehead atoms. The molecule has 0 aliphatic rings. The van der Waals surface area contributed by atoms with Crippen molar-refractivity contribution in [2.75, 3.05) is 13.2 Å². The highest BCUT2D eigenvalue weighted by Gasteiger charge is 2.18. The second-order valence-corrected chi connectivity index (χ2v) is 7.37.